The lowest BCUT2D eigenvalue weighted by molar-refractivity contribution is 0.122. The number of morpholine rings is 1. The van der Waals surface area contributed by atoms with Crippen molar-refractivity contribution in [2.45, 2.75) is 13.8 Å². The molecule has 0 unspecified atom stereocenters. The fourth-order valence-corrected chi connectivity index (χ4v) is 3.24. The van der Waals surface area contributed by atoms with E-state index in [4.69, 9.17) is 4.74 Å². The van der Waals surface area contributed by atoms with Gasteiger partial charge in [0, 0.05) is 38.1 Å². The highest BCUT2D eigenvalue weighted by Gasteiger charge is 2.21. The Morgan fingerprint density at radius 3 is 2.15 bits per heavy atom. The number of ether oxygens (including phenoxy) is 1. The van der Waals surface area contributed by atoms with Gasteiger partial charge in [0.1, 0.15) is 11.2 Å². The Balaban J connectivity index is 0.000000376. The van der Waals surface area contributed by atoms with Gasteiger partial charge in [-0.1, -0.05) is 0 Å². The minimum absolute atomic E-state index is 0.0749. The fourth-order valence-electron chi connectivity index (χ4n) is 3.24. The van der Waals surface area contributed by atoms with E-state index in [2.05, 4.69) is 25.0 Å². The van der Waals surface area contributed by atoms with Crippen LogP contribution in [-0.2, 0) is 11.8 Å². The highest BCUT2D eigenvalue weighted by molar-refractivity contribution is 5.88. The van der Waals surface area contributed by atoms with Crippen molar-refractivity contribution < 1.29 is 17.9 Å². The number of aryl methyl sites for hydroxylation is 3. The highest BCUT2D eigenvalue weighted by atomic mass is 19.2. The SMILES string of the molecule is Cc1nc2nc(N3CCOCC3)nc(-c3cc(F)c(F)c(F)c3)c2nc1C.Cn1cccn1. The zero-order valence-corrected chi connectivity index (χ0v) is 18.4. The molecule has 3 aromatic heterocycles. The van der Waals surface area contributed by atoms with Gasteiger partial charge in [-0.05, 0) is 32.0 Å². The van der Waals surface area contributed by atoms with Crippen LogP contribution in [0.4, 0.5) is 19.1 Å². The molecule has 4 heterocycles. The van der Waals surface area contributed by atoms with Crippen LogP contribution in [0, 0.1) is 31.3 Å². The first-order valence-corrected chi connectivity index (χ1v) is 10.3. The molecule has 8 nitrogen and oxygen atoms in total. The quantitative estimate of drug-likeness (QED) is 0.427. The summed E-state index contributed by atoms with van der Waals surface area (Å²) in [6.07, 6.45) is 3.64. The van der Waals surface area contributed by atoms with E-state index < -0.39 is 17.5 Å². The molecule has 1 aromatic carbocycles. The van der Waals surface area contributed by atoms with Gasteiger partial charge >= 0.3 is 0 Å². The Bertz CT molecular complexity index is 1250. The van der Waals surface area contributed by atoms with Crippen molar-refractivity contribution in [3.05, 3.63) is 59.4 Å². The summed E-state index contributed by atoms with van der Waals surface area (Å²) in [6.45, 7) is 5.78. The summed E-state index contributed by atoms with van der Waals surface area (Å²) in [5.74, 6) is -3.74. The van der Waals surface area contributed by atoms with Crippen molar-refractivity contribution >= 4 is 17.1 Å². The molecule has 0 aliphatic carbocycles. The van der Waals surface area contributed by atoms with Crippen molar-refractivity contribution in [1.29, 1.82) is 0 Å². The maximum Gasteiger partial charge on any atom is 0.228 e. The lowest BCUT2D eigenvalue weighted by Gasteiger charge is -2.27. The van der Waals surface area contributed by atoms with E-state index in [9.17, 15) is 13.2 Å². The van der Waals surface area contributed by atoms with Gasteiger partial charge in [0.05, 0.1) is 24.6 Å². The van der Waals surface area contributed by atoms with Gasteiger partial charge in [0.2, 0.25) is 5.95 Å². The predicted molar refractivity (Wildman–Crippen MR) is 116 cm³/mol. The van der Waals surface area contributed by atoms with Crippen LogP contribution in [0.3, 0.4) is 0 Å². The Labute approximate surface area is 188 Å². The third-order valence-electron chi connectivity index (χ3n) is 5.12. The van der Waals surface area contributed by atoms with Gasteiger partial charge < -0.3 is 9.64 Å². The number of benzene rings is 1. The number of hydrogen-bond donors (Lipinski definition) is 0. The molecule has 172 valence electrons. The highest BCUT2D eigenvalue weighted by Crippen LogP contribution is 2.29. The smallest absolute Gasteiger partial charge is 0.228 e. The molecule has 1 aliphatic heterocycles. The first-order chi connectivity index (χ1) is 15.8. The molecule has 0 spiro atoms. The van der Waals surface area contributed by atoms with E-state index >= 15 is 0 Å². The molecule has 0 radical (unpaired) electrons. The van der Waals surface area contributed by atoms with Crippen LogP contribution in [0.5, 0.6) is 0 Å². The van der Waals surface area contributed by atoms with E-state index in [1.807, 2.05) is 24.2 Å². The van der Waals surface area contributed by atoms with E-state index in [0.717, 1.165) is 12.1 Å². The van der Waals surface area contributed by atoms with Crippen LogP contribution in [0.1, 0.15) is 11.4 Å². The van der Waals surface area contributed by atoms with E-state index in [1.54, 1.807) is 24.7 Å². The third-order valence-corrected chi connectivity index (χ3v) is 5.12. The minimum Gasteiger partial charge on any atom is -0.378 e. The normalized spacial score (nSPS) is 13.7. The summed E-state index contributed by atoms with van der Waals surface area (Å²) in [6, 6.07) is 3.69. The van der Waals surface area contributed by atoms with Gasteiger partial charge in [-0.2, -0.15) is 10.1 Å². The summed E-state index contributed by atoms with van der Waals surface area (Å²) in [5.41, 5.74) is 2.24. The number of aromatic nitrogens is 6. The number of rotatable bonds is 2. The molecule has 1 aliphatic rings. The number of hydrogen-bond acceptors (Lipinski definition) is 7. The Morgan fingerprint density at radius 1 is 0.909 bits per heavy atom. The predicted octanol–water partition coefficient (Wildman–Crippen LogP) is 3.38. The van der Waals surface area contributed by atoms with Gasteiger partial charge in [-0.15, -0.1) is 0 Å². The van der Waals surface area contributed by atoms with E-state index in [0.29, 0.717) is 54.8 Å². The zero-order chi connectivity index (χ0) is 23.5. The van der Waals surface area contributed by atoms with Gasteiger partial charge in [0.15, 0.2) is 23.1 Å². The lowest BCUT2D eigenvalue weighted by Crippen LogP contribution is -2.37. The average molecular weight is 457 g/mol. The van der Waals surface area contributed by atoms with Gasteiger partial charge in [0.25, 0.3) is 0 Å². The second-order valence-corrected chi connectivity index (χ2v) is 7.47. The van der Waals surface area contributed by atoms with Crippen molar-refractivity contribution in [3.63, 3.8) is 0 Å². The van der Waals surface area contributed by atoms with Crippen molar-refractivity contribution in [2.75, 3.05) is 31.2 Å². The number of fused-ring (bicyclic) bond motifs is 1. The van der Waals surface area contributed by atoms with Crippen LogP contribution in [-0.4, -0.2) is 56.0 Å². The Kier molecular flexibility index (Phi) is 6.50. The molecule has 0 amide bonds. The summed E-state index contributed by atoms with van der Waals surface area (Å²) >= 11 is 0. The number of anilines is 1. The number of nitrogens with zero attached hydrogens (tertiary/aromatic N) is 7. The molecular weight excluding hydrogens is 435 g/mol. The van der Waals surface area contributed by atoms with Crippen LogP contribution < -0.4 is 4.90 Å². The molecule has 0 N–H and O–H groups in total. The Morgan fingerprint density at radius 2 is 1.58 bits per heavy atom. The standard InChI is InChI=1S/C18H16F3N5O.C4H6N2/c1-9-10(2)23-17-16(22-9)15(11-7-12(19)14(21)13(20)8-11)24-18(25-17)26-3-5-27-6-4-26;1-6-4-2-3-5-6/h7-8H,3-6H2,1-2H3;2-4H,1H3. The summed E-state index contributed by atoms with van der Waals surface area (Å²) < 4.78 is 48.1. The molecule has 1 fully saturated rings. The summed E-state index contributed by atoms with van der Waals surface area (Å²) in [7, 11) is 1.89. The molecule has 0 saturated carbocycles. The van der Waals surface area contributed by atoms with E-state index in [-0.39, 0.29) is 11.3 Å². The molecule has 0 bridgehead atoms. The van der Waals surface area contributed by atoms with Crippen molar-refractivity contribution in [1.82, 2.24) is 29.7 Å². The minimum atomic E-state index is -1.52. The molecule has 5 rings (SSSR count). The van der Waals surface area contributed by atoms with Crippen LogP contribution in [0.25, 0.3) is 22.4 Å². The molecule has 4 aromatic rings. The zero-order valence-electron chi connectivity index (χ0n) is 18.4. The molecule has 11 heteroatoms. The molecule has 1 saturated heterocycles. The van der Waals surface area contributed by atoms with Crippen molar-refractivity contribution in [3.8, 4) is 11.3 Å². The Hall–Kier alpha value is -3.60. The maximum atomic E-state index is 13.8. The van der Waals surface area contributed by atoms with Crippen LogP contribution >= 0.6 is 0 Å². The summed E-state index contributed by atoms with van der Waals surface area (Å²) in [4.78, 5) is 19.8. The molecule has 33 heavy (non-hydrogen) atoms. The lowest BCUT2D eigenvalue weighted by atomic mass is 10.1. The maximum absolute atomic E-state index is 13.8. The second kappa shape index (κ2) is 9.49. The van der Waals surface area contributed by atoms with Gasteiger partial charge in [-0.3, -0.25) is 4.68 Å². The molecule has 0 atom stereocenters. The third kappa shape index (κ3) is 4.92. The number of halogens is 3. The monoisotopic (exact) mass is 457 g/mol. The van der Waals surface area contributed by atoms with E-state index in [1.165, 1.54) is 0 Å². The largest absolute Gasteiger partial charge is 0.378 e. The first kappa shape index (κ1) is 22.6. The van der Waals surface area contributed by atoms with Crippen LogP contribution in [0.2, 0.25) is 0 Å². The fraction of sp³-hybridized carbons (Fsp3) is 0.318. The average Bonchev–Trinajstić information content (AvgIpc) is 3.29. The first-order valence-electron chi connectivity index (χ1n) is 10.3. The van der Waals surface area contributed by atoms with Gasteiger partial charge in [-0.25, -0.2) is 28.1 Å². The second-order valence-electron chi connectivity index (χ2n) is 7.47. The van der Waals surface area contributed by atoms with Crippen molar-refractivity contribution in [2.24, 2.45) is 7.05 Å². The summed E-state index contributed by atoms with van der Waals surface area (Å²) in [5, 5.41) is 3.83. The topological polar surface area (TPSA) is 81.9 Å². The van der Waals surface area contributed by atoms with Crippen LogP contribution in [0.15, 0.2) is 30.6 Å². The molecular formula is C22H22F3N7O.